The van der Waals surface area contributed by atoms with Gasteiger partial charge in [-0.15, -0.1) is 5.10 Å². The molecule has 1 atom stereocenters. The van der Waals surface area contributed by atoms with Gasteiger partial charge in [0.05, 0.1) is 24.6 Å². The highest BCUT2D eigenvalue weighted by molar-refractivity contribution is 6.02. The van der Waals surface area contributed by atoms with Crippen LogP contribution in [-0.4, -0.2) is 40.6 Å². The lowest BCUT2D eigenvalue weighted by molar-refractivity contribution is 0.0277. The number of hydrogen-bond acceptors (Lipinski definition) is 5. The van der Waals surface area contributed by atoms with Crippen molar-refractivity contribution >= 4 is 11.6 Å². The van der Waals surface area contributed by atoms with Crippen LogP contribution in [0.3, 0.4) is 0 Å². The van der Waals surface area contributed by atoms with E-state index in [0.717, 1.165) is 29.9 Å². The summed E-state index contributed by atoms with van der Waals surface area (Å²) in [5, 5.41) is 14.6. The molecule has 1 saturated heterocycles. The van der Waals surface area contributed by atoms with Crippen LogP contribution in [0.1, 0.15) is 27.7 Å². The Hall–Kier alpha value is -3.03. The van der Waals surface area contributed by atoms with Crippen LogP contribution in [-0.2, 0) is 4.74 Å². The molecule has 0 saturated carbocycles. The Balaban J connectivity index is 1.43. The van der Waals surface area contributed by atoms with E-state index in [-0.39, 0.29) is 17.7 Å². The van der Waals surface area contributed by atoms with E-state index in [2.05, 4.69) is 20.8 Å². The smallest absolute Gasteiger partial charge is 0.277 e. The monoisotopic (exact) mass is 363 g/mol. The number of ether oxygens (including phenoxy) is 1. The summed E-state index contributed by atoms with van der Waals surface area (Å²) in [5.74, 6) is -0.294. The molecule has 2 N–H and O–H groups in total. The van der Waals surface area contributed by atoms with Crippen molar-refractivity contribution in [3.05, 3.63) is 71.5 Å². The van der Waals surface area contributed by atoms with Crippen molar-refractivity contribution in [3.63, 3.8) is 0 Å². The molecule has 138 valence electrons. The maximum Gasteiger partial charge on any atom is 0.277 e. The van der Waals surface area contributed by atoms with E-state index < -0.39 is 0 Å². The van der Waals surface area contributed by atoms with Crippen LogP contribution in [0.2, 0.25) is 0 Å². The first kappa shape index (κ1) is 17.4. The molecule has 7 nitrogen and oxygen atoms in total. The highest BCUT2D eigenvalue weighted by Crippen LogP contribution is 2.21. The van der Waals surface area contributed by atoms with E-state index in [1.165, 1.54) is 11.0 Å². The number of aryl methyl sites for hydroxylation is 1. The largest absolute Gasteiger partial charge is 0.371 e. The van der Waals surface area contributed by atoms with Gasteiger partial charge in [-0.2, -0.15) is 9.90 Å². The zero-order chi connectivity index (χ0) is 18.6. The second-order valence-electron chi connectivity index (χ2n) is 6.50. The highest BCUT2D eigenvalue weighted by atomic mass is 16.5. The zero-order valence-electron chi connectivity index (χ0n) is 15.1. The molecule has 0 bridgehead atoms. The molecule has 27 heavy (non-hydrogen) atoms. The number of amides is 1. The molecule has 0 spiro atoms. The van der Waals surface area contributed by atoms with Crippen LogP contribution in [0.4, 0.5) is 5.69 Å². The number of benzene rings is 2. The summed E-state index contributed by atoms with van der Waals surface area (Å²) in [6.45, 7) is 4.39. The van der Waals surface area contributed by atoms with Crippen molar-refractivity contribution in [1.29, 1.82) is 0 Å². The van der Waals surface area contributed by atoms with Crippen molar-refractivity contribution in [2.45, 2.75) is 13.0 Å². The molecule has 3 aromatic rings. The molecule has 1 amide bonds. The Bertz CT molecular complexity index is 930. The predicted octanol–water partition coefficient (Wildman–Crippen LogP) is 2.49. The van der Waals surface area contributed by atoms with Crippen LogP contribution in [0.25, 0.3) is 5.69 Å². The van der Waals surface area contributed by atoms with E-state index >= 15 is 0 Å². The number of aromatic nitrogens is 3. The SMILES string of the molecule is Cc1cccc(-n2ncc(C(=O)Nc3ccc(C4CNCCO4)cc3)n2)c1. The van der Waals surface area contributed by atoms with Gasteiger partial charge < -0.3 is 15.4 Å². The van der Waals surface area contributed by atoms with Crippen LogP contribution >= 0.6 is 0 Å². The summed E-state index contributed by atoms with van der Waals surface area (Å²) in [7, 11) is 0. The van der Waals surface area contributed by atoms with Gasteiger partial charge in [-0.05, 0) is 42.3 Å². The Morgan fingerprint density at radius 2 is 2.11 bits per heavy atom. The number of anilines is 1. The minimum Gasteiger partial charge on any atom is -0.371 e. The Kier molecular flexibility index (Phi) is 4.95. The normalized spacial score (nSPS) is 16.9. The topological polar surface area (TPSA) is 81.1 Å². The number of hydrogen-bond donors (Lipinski definition) is 2. The lowest BCUT2D eigenvalue weighted by Crippen LogP contribution is -2.33. The van der Waals surface area contributed by atoms with Crippen LogP contribution in [0.5, 0.6) is 0 Å². The van der Waals surface area contributed by atoms with Gasteiger partial charge in [-0.25, -0.2) is 0 Å². The lowest BCUT2D eigenvalue weighted by Gasteiger charge is -2.24. The standard InChI is InChI=1S/C20H21N5O2/c1-14-3-2-4-17(11-14)25-22-12-18(24-25)20(26)23-16-7-5-15(6-8-16)19-13-21-9-10-27-19/h2-8,11-12,19,21H,9-10,13H2,1H3,(H,23,26). The third-order valence-electron chi connectivity index (χ3n) is 4.43. The van der Waals surface area contributed by atoms with Gasteiger partial charge in [0.2, 0.25) is 0 Å². The fraction of sp³-hybridized carbons (Fsp3) is 0.250. The van der Waals surface area contributed by atoms with Crippen molar-refractivity contribution in [3.8, 4) is 5.69 Å². The van der Waals surface area contributed by atoms with Gasteiger partial charge >= 0.3 is 0 Å². The molecule has 1 unspecified atom stereocenters. The van der Waals surface area contributed by atoms with Crippen molar-refractivity contribution in [2.24, 2.45) is 0 Å². The quantitative estimate of drug-likeness (QED) is 0.744. The second kappa shape index (κ2) is 7.69. The Morgan fingerprint density at radius 3 is 2.85 bits per heavy atom. The first-order valence-electron chi connectivity index (χ1n) is 8.92. The summed E-state index contributed by atoms with van der Waals surface area (Å²) in [4.78, 5) is 13.9. The van der Waals surface area contributed by atoms with Crippen LogP contribution in [0, 0.1) is 6.92 Å². The summed E-state index contributed by atoms with van der Waals surface area (Å²) in [6.07, 6.45) is 1.52. The lowest BCUT2D eigenvalue weighted by atomic mass is 10.1. The molecule has 7 heteroatoms. The number of carbonyl (C=O) groups excluding carboxylic acids is 1. The molecular weight excluding hydrogens is 342 g/mol. The second-order valence-corrected chi connectivity index (χ2v) is 6.50. The number of rotatable bonds is 4. The van der Waals surface area contributed by atoms with E-state index in [0.29, 0.717) is 12.3 Å². The van der Waals surface area contributed by atoms with Crippen molar-refractivity contribution < 1.29 is 9.53 Å². The van der Waals surface area contributed by atoms with Crippen molar-refractivity contribution in [1.82, 2.24) is 20.3 Å². The Labute approximate surface area is 157 Å². The summed E-state index contributed by atoms with van der Waals surface area (Å²) in [6, 6.07) is 15.5. The molecule has 0 radical (unpaired) electrons. The van der Waals surface area contributed by atoms with Gasteiger partial charge in [0, 0.05) is 18.8 Å². The van der Waals surface area contributed by atoms with Crippen LogP contribution in [0.15, 0.2) is 54.7 Å². The number of nitrogens with zero attached hydrogens (tertiary/aromatic N) is 3. The average Bonchev–Trinajstić information content (AvgIpc) is 3.20. The molecule has 1 aliphatic heterocycles. The molecule has 2 aromatic carbocycles. The third kappa shape index (κ3) is 4.05. The summed E-state index contributed by atoms with van der Waals surface area (Å²) in [5.41, 5.74) is 3.98. The predicted molar refractivity (Wildman–Crippen MR) is 102 cm³/mol. The molecule has 2 heterocycles. The maximum atomic E-state index is 12.5. The van der Waals surface area contributed by atoms with Gasteiger partial charge in [0.1, 0.15) is 0 Å². The van der Waals surface area contributed by atoms with Gasteiger partial charge in [-0.1, -0.05) is 24.3 Å². The average molecular weight is 363 g/mol. The molecule has 1 aromatic heterocycles. The maximum absolute atomic E-state index is 12.5. The third-order valence-corrected chi connectivity index (χ3v) is 4.43. The molecule has 1 aliphatic rings. The summed E-state index contributed by atoms with van der Waals surface area (Å²) >= 11 is 0. The van der Waals surface area contributed by atoms with E-state index in [4.69, 9.17) is 4.74 Å². The molecular formula is C20H21N5O2. The number of morpholine rings is 1. The van der Waals surface area contributed by atoms with E-state index in [9.17, 15) is 4.79 Å². The minimum atomic E-state index is -0.294. The van der Waals surface area contributed by atoms with E-state index in [1.807, 2.05) is 55.5 Å². The zero-order valence-corrected chi connectivity index (χ0v) is 15.1. The molecule has 1 fully saturated rings. The van der Waals surface area contributed by atoms with Crippen molar-refractivity contribution in [2.75, 3.05) is 25.0 Å². The van der Waals surface area contributed by atoms with Gasteiger partial charge in [0.15, 0.2) is 5.69 Å². The fourth-order valence-corrected chi connectivity index (χ4v) is 3.00. The van der Waals surface area contributed by atoms with Gasteiger partial charge in [-0.3, -0.25) is 4.79 Å². The minimum absolute atomic E-state index is 0.0535. The number of carbonyl (C=O) groups is 1. The fourth-order valence-electron chi connectivity index (χ4n) is 3.00. The summed E-state index contributed by atoms with van der Waals surface area (Å²) < 4.78 is 5.74. The van der Waals surface area contributed by atoms with Gasteiger partial charge in [0.25, 0.3) is 5.91 Å². The van der Waals surface area contributed by atoms with Crippen LogP contribution < -0.4 is 10.6 Å². The Morgan fingerprint density at radius 1 is 1.26 bits per heavy atom. The highest BCUT2D eigenvalue weighted by Gasteiger charge is 2.16. The molecule has 0 aliphatic carbocycles. The first-order chi connectivity index (χ1) is 13.2. The molecule has 4 rings (SSSR count). The first-order valence-corrected chi connectivity index (χ1v) is 8.92. The van der Waals surface area contributed by atoms with E-state index in [1.54, 1.807) is 0 Å². The number of nitrogens with one attached hydrogen (secondary N) is 2.